The van der Waals surface area contributed by atoms with E-state index in [9.17, 15) is 1.37 Å². The van der Waals surface area contributed by atoms with Crippen LogP contribution in [0.4, 0.5) is 0 Å². The van der Waals surface area contributed by atoms with Crippen molar-refractivity contribution in [1.29, 1.82) is 0 Å². The minimum absolute atomic E-state index is 0. The van der Waals surface area contributed by atoms with Crippen LogP contribution in [0.5, 0.6) is 0 Å². The van der Waals surface area contributed by atoms with E-state index < -0.39 is 31.4 Å². The van der Waals surface area contributed by atoms with Gasteiger partial charge in [0.25, 0.3) is 0 Å². The Labute approximate surface area is 365 Å². The first-order chi connectivity index (χ1) is 30.5. The van der Waals surface area contributed by atoms with Crippen molar-refractivity contribution >= 4 is 32.7 Å². The molecule has 9 rings (SSSR count). The fourth-order valence-electron chi connectivity index (χ4n) is 7.63. The van der Waals surface area contributed by atoms with Crippen LogP contribution in [0.2, 0.25) is 0 Å². The second-order valence-electron chi connectivity index (χ2n) is 16.6. The Hall–Kier alpha value is -4.89. The molecule has 0 amide bonds. The van der Waals surface area contributed by atoms with Crippen LogP contribution in [0, 0.1) is 36.7 Å². The first kappa shape index (κ1) is 30.2. The van der Waals surface area contributed by atoms with E-state index in [0.29, 0.717) is 57.6 Å². The summed E-state index contributed by atoms with van der Waals surface area (Å²) in [6.07, 6.45) is 4.49. The quantitative estimate of drug-likeness (QED) is 0.161. The molecule has 1 aliphatic carbocycles. The monoisotopic (exact) mass is 934 g/mol. The summed E-state index contributed by atoms with van der Waals surface area (Å²) in [5, 5.41) is 4.13. The number of aromatic nitrogens is 2. The molecule has 0 unspecified atom stereocenters. The number of furan rings is 1. The molecule has 0 spiro atoms. The summed E-state index contributed by atoms with van der Waals surface area (Å²) in [4.78, 5) is 8.97. The van der Waals surface area contributed by atoms with Gasteiger partial charge in [-0.2, -0.15) is 0 Å². The summed E-state index contributed by atoms with van der Waals surface area (Å²) < 4.78 is 80.9. The Morgan fingerprint density at radius 2 is 1.56 bits per heavy atom. The minimum atomic E-state index is -2.34. The second-order valence-corrected chi connectivity index (χ2v) is 16.6. The molecule has 3 heterocycles. The van der Waals surface area contributed by atoms with E-state index in [0.717, 1.165) is 45.5 Å². The average molecular weight is 934 g/mol. The third kappa shape index (κ3) is 8.84. The fraction of sp³-hybridized carbons (Fsp3) is 0.283. The maximum absolute atomic E-state index is 9.35. The summed E-state index contributed by atoms with van der Waals surface area (Å²) in [5.74, 6) is -0.963. The van der Waals surface area contributed by atoms with E-state index in [1.54, 1.807) is 24.4 Å². The fourth-order valence-corrected chi connectivity index (χ4v) is 7.63. The van der Waals surface area contributed by atoms with Crippen LogP contribution in [0.25, 0.3) is 66.4 Å². The topological polar surface area (TPSA) is 38.9 Å². The number of fused-ring (bicyclic) bond motifs is 5. The Bertz CT molecular complexity index is 3030. The van der Waals surface area contributed by atoms with Gasteiger partial charge in [0.15, 0.2) is 0 Å². The molecule has 291 valence electrons. The molecule has 8 aromatic rings. The van der Waals surface area contributed by atoms with Crippen molar-refractivity contribution in [2.75, 3.05) is 0 Å². The zero-order chi connectivity index (χ0) is 46.7. The van der Waals surface area contributed by atoms with Gasteiger partial charge in [-0.15, -0.1) is 47.5 Å². The minimum Gasteiger partial charge on any atom is -0.500 e. The van der Waals surface area contributed by atoms with Gasteiger partial charge in [0.2, 0.25) is 0 Å². The molecule has 1 saturated carbocycles. The normalized spacial score (nSPS) is 17.9. The average Bonchev–Trinajstić information content (AvgIpc) is 3.66. The molecule has 4 heteroatoms. The molecule has 1 aliphatic rings. The Balaban J connectivity index is 0.000000198. The van der Waals surface area contributed by atoms with Crippen molar-refractivity contribution in [1.82, 2.24) is 9.97 Å². The molecule has 0 N–H and O–H groups in total. The van der Waals surface area contributed by atoms with Crippen LogP contribution in [0.15, 0.2) is 126 Å². The van der Waals surface area contributed by atoms with Crippen LogP contribution >= 0.6 is 0 Å². The predicted octanol–water partition coefficient (Wildman–Crippen LogP) is 14.7. The summed E-state index contributed by atoms with van der Waals surface area (Å²) >= 11 is 0. The molecular formula is C53H52IrN2O-2. The second kappa shape index (κ2) is 16.5. The van der Waals surface area contributed by atoms with E-state index in [2.05, 4.69) is 60.2 Å². The van der Waals surface area contributed by atoms with Crippen molar-refractivity contribution in [3.8, 4) is 33.6 Å². The standard InChI is InChI=1S/C30H28NO.C23H24N.Ir/c1-19-18-31-27(17-26(19)21-13-15-30(2,3)16-14-21)25-10-6-9-23-24-12-11-20-7-4-5-8-22(20)28(24)32-29(23)25;1-17-10-11-20(15-21(17)19-8-6-5-7-9-19)22-14-18(12-13-24-22)16-23(2,3)4;/h4-9,11-12,17-18,21H,13-16H2,1-3H3;5-10,12-15H,16H2,1-4H3;/q2*-1;/i1D3,21D;1D3,16D2;. The van der Waals surface area contributed by atoms with Gasteiger partial charge < -0.3 is 14.4 Å². The van der Waals surface area contributed by atoms with Crippen LogP contribution < -0.4 is 0 Å². The van der Waals surface area contributed by atoms with Gasteiger partial charge in [0.1, 0.15) is 5.58 Å². The molecule has 0 bridgehead atoms. The summed E-state index contributed by atoms with van der Waals surface area (Å²) in [6, 6.07) is 40.3. The molecular weight excluding hydrogens is 873 g/mol. The summed E-state index contributed by atoms with van der Waals surface area (Å²) in [7, 11) is 0. The smallest absolute Gasteiger partial charge is 0.128 e. The summed E-state index contributed by atoms with van der Waals surface area (Å²) in [6.45, 7) is 5.41. The van der Waals surface area contributed by atoms with Crippen molar-refractivity contribution in [3.05, 3.63) is 156 Å². The van der Waals surface area contributed by atoms with Crippen molar-refractivity contribution < 1.29 is 36.9 Å². The van der Waals surface area contributed by atoms with Crippen molar-refractivity contribution in [2.24, 2.45) is 10.8 Å². The van der Waals surface area contributed by atoms with Gasteiger partial charge in [-0.1, -0.05) is 142 Å². The van der Waals surface area contributed by atoms with Gasteiger partial charge in [0, 0.05) is 55.6 Å². The van der Waals surface area contributed by atoms with E-state index >= 15 is 0 Å². The molecule has 0 atom stereocenters. The number of pyridine rings is 2. The number of benzene rings is 5. The molecule has 1 fully saturated rings. The van der Waals surface area contributed by atoms with E-state index in [-0.39, 0.29) is 36.6 Å². The van der Waals surface area contributed by atoms with Crippen molar-refractivity contribution in [2.45, 2.75) is 86.3 Å². The third-order valence-corrected chi connectivity index (χ3v) is 10.7. The zero-order valence-electron chi connectivity index (χ0n) is 42.0. The maximum atomic E-state index is 9.35. The summed E-state index contributed by atoms with van der Waals surface area (Å²) in [5.41, 5.74) is 6.41. The Kier molecular flexibility index (Phi) is 8.77. The molecule has 0 aliphatic heterocycles. The number of rotatable bonds is 5. The Morgan fingerprint density at radius 1 is 0.807 bits per heavy atom. The van der Waals surface area contributed by atoms with Gasteiger partial charge in [0.05, 0.1) is 5.58 Å². The Morgan fingerprint density at radius 3 is 2.33 bits per heavy atom. The number of nitrogens with zero attached hydrogens (tertiary/aromatic N) is 2. The number of aryl methyl sites for hydroxylation is 2. The van der Waals surface area contributed by atoms with Crippen LogP contribution in [0.1, 0.15) is 101 Å². The number of hydrogen-bond acceptors (Lipinski definition) is 3. The third-order valence-electron chi connectivity index (χ3n) is 10.7. The molecule has 0 saturated heterocycles. The van der Waals surface area contributed by atoms with Crippen molar-refractivity contribution in [3.63, 3.8) is 0 Å². The van der Waals surface area contributed by atoms with Crippen LogP contribution in [-0.4, -0.2) is 9.97 Å². The van der Waals surface area contributed by atoms with Crippen LogP contribution in [-0.2, 0) is 26.5 Å². The van der Waals surface area contributed by atoms with Gasteiger partial charge >= 0.3 is 0 Å². The van der Waals surface area contributed by atoms with E-state index in [1.807, 2.05) is 81.4 Å². The SMILES string of the molecule is [2H]C([2H])([2H])c1c[c-]c(-c2cc(C([2H])([2H])C(C)(C)C)ccn2)cc1-c1ccccc1.[2H]C([2H])([2H])c1cnc(-c2[c-]ccc3c2oc2c4ccccc4ccc32)cc1C1([2H])CCC(C)(C)CC1.[Ir]. The van der Waals surface area contributed by atoms with E-state index in [4.69, 9.17) is 15.4 Å². The maximum Gasteiger partial charge on any atom is 0.128 e. The first-order valence-corrected chi connectivity index (χ1v) is 19.3. The molecule has 3 nitrogen and oxygen atoms in total. The first-order valence-electron chi connectivity index (χ1n) is 23.8. The molecule has 5 aromatic carbocycles. The largest absolute Gasteiger partial charge is 0.500 e. The zero-order valence-corrected chi connectivity index (χ0v) is 35.4. The molecule has 1 radical (unpaired) electrons. The van der Waals surface area contributed by atoms with Gasteiger partial charge in [-0.3, -0.25) is 0 Å². The molecule has 57 heavy (non-hydrogen) atoms. The van der Waals surface area contributed by atoms with Crippen LogP contribution in [0.3, 0.4) is 0 Å². The number of hydrogen-bond donors (Lipinski definition) is 0. The van der Waals surface area contributed by atoms with E-state index in [1.165, 1.54) is 12.3 Å². The molecule has 3 aromatic heterocycles. The predicted molar refractivity (Wildman–Crippen MR) is 235 cm³/mol. The van der Waals surface area contributed by atoms with Gasteiger partial charge in [-0.25, -0.2) is 0 Å². The van der Waals surface area contributed by atoms with Gasteiger partial charge in [-0.05, 0) is 95.2 Å².